The second kappa shape index (κ2) is 6.15. The third-order valence-corrected chi connectivity index (χ3v) is 4.01. The zero-order valence-electron chi connectivity index (χ0n) is 11.5. The van der Waals surface area contributed by atoms with Gasteiger partial charge in [-0.2, -0.15) is 8.42 Å². The zero-order chi connectivity index (χ0) is 15.5. The van der Waals surface area contributed by atoms with Crippen LogP contribution in [0.1, 0.15) is 27.9 Å². The monoisotopic (exact) mass is 305 g/mol. The van der Waals surface area contributed by atoms with E-state index in [1.165, 1.54) is 12.1 Å². The van der Waals surface area contributed by atoms with E-state index in [1.54, 1.807) is 30.6 Å². The number of Topliss-reactive ketones (excluding diaryl/α,β-unsaturated/α-hetero) is 1. The highest BCUT2D eigenvalue weighted by molar-refractivity contribution is 7.85. The first-order chi connectivity index (χ1) is 9.88. The van der Waals surface area contributed by atoms with Crippen LogP contribution in [0.2, 0.25) is 0 Å². The summed E-state index contributed by atoms with van der Waals surface area (Å²) >= 11 is 0. The maximum atomic E-state index is 11.0. The van der Waals surface area contributed by atoms with Gasteiger partial charge in [0.1, 0.15) is 0 Å². The summed E-state index contributed by atoms with van der Waals surface area (Å²) in [5.41, 5.74) is 2.93. The minimum Gasteiger partial charge on any atom is -0.294 e. The second-order valence-electron chi connectivity index (χ2n) is 4.74. The van der Waals surface area contributed by atoms with E-state index >= 15 is 0 Å². The van der Waals surface area contributed by atoms with Gasteiger partial charge in [0.2, 0.25) is 0 Å². The number of aromatic nitrogens is 1. The van der Waals surface area contributed by atoms with Crippen molar-refractivity contribution in [2.24, 2.45) is 0 Å². The SMILES string of the molecule is Cc1ccc(S(=O)(=O)O)cc1.O=C1CCc2cnccc21. The molecule has 0 amide bonds. The molecule has 1 aromatic heterocycles. The van der Waals surface area contributed by atoms with E-state index in [1.807, 2.05) is 6.92 Å². The second-order valence-corrected chi connectivity index (χ2v) is 6.17. The van der Waals surface area contributed by atoms with E-state index in [2.05, 4.69) is 4.98 Å². The van der Waals surface area contributed by atoms with Crippen LogP contribution in [0, 0.1) is 6.92 Å². The fourth-order valence-corrected chi connectivity index (χ4v) is 2.47. The van der Waals surface area contributed by atoms with Crippen molar-refractivity contribution in [2.45, 2.75) is 24.7 Å². The number of rotatable bonds is 1. The molecule has 1 aliphatic carbocycles. The van der Waals surface area contributed by atoms with Gasteiger partial charge in [0.15, 0.2) is 5.78 Å². The van der Waals surface area contributed by atoms with Gasteiger partial charge in [0, 0.05) is 24.4 Å². The quantitative estimate of drug-likeness (QED) is 0.818. The van der Waals surface area contributed by atoms with E-state index < -0.39 is 10.1 Å². The summed E-state index contributed by atoms with van der Waals surface area (Å²) in [5.74, 6) is 0.261. The Bertz CT molecular complexity index is 751. The number of carbonyl (C=O) groups is 1. The van der Waals surface area contributed by atoms with Crippen molar-refractivity contribution in [1.82, 2.24) is 4.98 Å². The normalized spacial score (nSPS) is 13.3. The van der Waals surface area contributed by atoms with Gasteiger partial charge < -0.3 is 0 Å². The van der Waals surface area contributed by atoms with Crippen molar-refractivity contribution in [1.29, 1.82) is 0 Å². The van der Waals surface area contributed by atoms with Crippen LogP contribution in [-0.2, 0) is 16.5 Å². The number of benzene rings is 1. The molecule has 0 saturated carbocycles. The first-order valence-corrected chi connectivity index (χ1v) is 7.82. The number of carbonyl (C=O) groups excluding carboxylic acids is 1. The third kappa shape index (κ3) is 3.96. The van der Waals surface area contributed by atoms with E-state index in [4.69, 9.17) is 4.55 Å². The molecule has 6 heteroatoms. The summed E-state index contributed by atoms with van der Waals surface area (Å²) in [6.45, 7) is 1.84. The van der Waals surface area contributed by atoms with Crippen LogP contribution < -0.4 is 0 Å². The van der Waals surface area contributed by atoms with Crippen LogP contribution in [0.4, 0.5) is 0 Å². The lowest BCUT2D eigenvalue weighted by atomic mass is 10.2. The molecule has 3 rings (SSSR count). The highest BCUT2D eigenvalue weighted by Gasteiger charge is 2.17. The third-order valence-electron chi connectivity index (χ3n) is 3.14. The first kappa shape index (κ1) is 15.3. The minimum atomic E-state index is -4.02. The Kier molecular flexibility index (Phi) is 4.50. The van der Waals surface area contributed by atoms with E-state index in [-0.39, 0.29) is 10.7 Å². The van der Waals surface area contributed by atoms with Gasteiger partial charge in [-0.15, -0.1) is 0 Å². The molecule has 0 unspecified atom stereocenters. The van der Waals surface area contributed by atoms with Crippen molar-refractivity contribution < 1.29 is 17.8 Å². The molecule has 5 nitrogen and oxygen atoms in total. The Morgan fingerprint density at radius 3 is 2.33 bits per heavy atom. The Hall–Kier alpha value is -2.05. The standard InChI is InChI=1S/C8H7NO.C7H8O3S/c10-8-2-1-6-5-9-4-3-7(6)8;1-6-2-4-7(5-3-6)11(8,9)10/h3-5H,1-2H2;2-5H,1H3,(H,8,9,10). The molecule has 1 aliphatic rings. The first-order valence-electron chi connectivity index (χ1n) is 6.38. The number of aryl methyl sites for hydroxylation is 2. The van der Waals surface area contributed by atoms with Gasteiger partial charge >= 0.3 is 0 Å². The number of nitrogens with zero attached hydrogens (tertiary/aromatic N) is 1. The Morgan fingerprint density at radius 2 is 1.76 bits per heavy atom. The lowest BCUT2D eigenvalue weighted by molar-refractivity contribution is 0.0994. The van der Waals surface area contributed by atoms with Crippen LogP contribution in [0.25, 0.3) is 0 Å². The van der Waals surface area contributed by atoms with Crippen molar-refractivity contribution >= 4 is 15.9 Å². The van der Waals surface area contributed by atoms with Crippen molar-refractivity contribution in [3.63, 3.8) is 0 Å². The Labute approximate surface area is 123 Å². The molecular formula is C15H15NO4S. The molecule has 0 atom stereocenters. The summed E-state index contributed by atoms with van der Waals surface area (Å²) in [6.07, 6.45) is 4.99. The number of hydrogen-bond donors (Lipinski definition) is 1. The number of hydrogen-bond acceptors (Lipinski definition) is 4. The van der Waals surface area contributed by atoms with Crippen LogP contribution in [0.15, 0.2) is 47.6 Å². The topological polar surface area (TPSA) is 84.3 Å². The average Bonchev–Trinajstić information content (AvgIpc) is 2.81. The van der Waals surface area contributed by atoms with E-state index in [0.29, 0.717) is 6.42 Å². The maximum Gasteiger partial charge on any atom is 0.294 e. The largest absolute Gasteiger partial charge is 0.294 e. The fraction of sp³-hybridized carbons (Fsp3) is 0.200. The van der Waals surface area contributed by atoms with Gasteiger partial charge in [-0.1, -0.05) is 17.7 Å². The minimum absolute atomic E-state index is 0.0666. The predicted molar refractivity (Wildman–Crippen MR) is 77.9 cm³/mol. The molecule has 0 saturated heterocycles. The van der Waals surface area contributed by atoms with Crippen LogP contribution >= 0.6 is 0 Å². The molecule has 110 valence electrons. The van der Waals surface area contributed by atoms with Gasteiger partial charge in [-0.3, -0.25) is 14.3 Å². The molecule has 1 aromatic carbocycles. The van der Waals surface area contributed by atoms with Crippen molar-refractivity contribution in [2.75, 3.05) is 0 Å². The summed E-state index contributed by atoms with van der Waals surface area (Å²) in [4.78, 5) is 14.9. The molecule has 0 fully saturated rings. The van der Waals surface area contributed by atoms with E-state index in [0.717, 1.165) is 23.1 Å². The van der Waals surface area contributed by atoms with Crippen molar-refractivity contribution in [3.8, 4) is 0 Å². The summed E-state index contributed by atoms with van der Waals surface area (Å²) in [6, 6.07) is 7.78. The van der Waals surface area contributed by atoms with Crippen LogP contribution in [-0.4, -0.2) is 23.7 Å². The smallest absolute Gasteiger partial charge is 0.294 e. The number of ketones is 1. The molecule has 0 bridgehead atoms. The van der Waals surface area contributed by atoms with Gasteiger partial charge in [-0.25, -0.2) is 0 Å². The van der Waals surface area contributed by atoms with Crippen molar-refractivity contribution in [3.05, 3.63) is 59.4 Å². The molecule has 0 spiro atoms. The number of fused-ring (bicyclic) bond motifs is 1. The lowest BCUT2D eigenvalue weighted by Crippen LogP contribution is -1.96. The van der Waals surface area contributed by atoms with Gasteiger partial charge in [0.25, 0.3) is 10.1 Å². The summed E-state index contributed by atoms with van der Waals surface area (Å²) < 4.78 is 29.6. The molecule has 1 N–H and O–H groups in total. The summed E-state index contributed by atoms with van der Waals surface area (Å²) in [5, 5.41) is 0. The molecule has 2 aromatic rings. The zero-order valence-corrected chi connectivity index (χ0v) is 12.3. The predicted octanol–water partition coefficient (Wildman–Crippen LogP) is 2.45. The molecule has 0 aliphatic heterocycles. The van der Waals surface area contributed by atoms with Crippen LogP contribution in [0.3, 0.4) is 0 Å². The van der Waals surface area contributed by atoms with E-state index in [9.17, 15) is 13.2 Å². The highest BCUT2D eigenvalue weighted by atomic mass is 32.2. The van der Waals surface area contributed by atoms with Gasteiger partial charge in [0.05, 0.1) is 4.90 Å². The maximum absolute atomic E-state index is 11.0. The van der Waals surface area contributed by atoms with Gasteiger partial charge in [-0.05, 0) is 37.1 Å². The fourth-order valence-electron chi connectivity index (χ4n) is 1.99. The summed E-state index contributed by atoms with van der Waals surface area (Å²) in [7, 11) is -4.02. The molecule has 1 heterocycles. The number of pyridine rings is 1. The molecule has 21 heavy (non-hydrogen) atoms. The van der Waals surface area contributed by atoms with Crippen LogP contribution in [0.5, 0.6) is 0 Å². The lowest BCUT2D eigenvalue weighted by Gasteiger charge is -1.95. The molecule has 0 radical (unpaired) electrons. The highest BCUT2D eigenvalue weighted by Crippen LogP contribution is 2.19. The Morgan fingerprint density at radius 1 is 1.10 bits per heavy atom. The Balaban J connectivity index is 0.000000154. The average molecular weight is 305 g/mol. The molecular weight excluding hydrogens is 290 g/mol.